The highest BCUT2D eigenvalue weighted by Gasteiger charge is 2.73. The van der Waals surface area contributed by atoms with E-state index in [4.69, 9.17) is 9.37 Å². The number of ether oxygens (including phenoxy) is 1. The van der Waals surface area contributed by atoms with Crippen LogP contribution in [0.3, 0.4) is 0 Å². The largest absolute Gasteiger partial charge is 0.622 e. The minimum atomic E-state index is -1.51. The molecular formula is C16H22N4O5. The van der Waals surface area contributed by atoms with Gasteiger partial charge in [-0.3, -0.25) is 4.63 Å². The van der Waals surface area contributed by atoms with Crippen LogP contribution in [0, 0.1) is 16.3 Å². The van der Waals surface area contributed by atoms with Crippen LogP contribution in [0.1, 0.15) is 43.5 Å². The highest BCUT2D eigenvalue weighted by atomic mass is 16.8. The Balaban J connectivity index is 1.70. The Morgan fingerprint density at radius 2 is 2.00 bits per heavy atom. The van der Waals surface area contributed by atoms with Crippen molar-refractivity contribution < 1.29 is 24.1 Å². The molecule has 3 heterocycles. The van der Waals surface area contributed by atoms with Gasteiger partial charge in [-0.2, -0.15) is 4.74 Å². The molecule has 1 aromatic heterocycles. The third kappa shape index (κ3) is 1.76. The normalized spacial score (nSPS) is 38.4. The van der Waals surface area contributed by atoms with Crippen LogP contribution >= 0.6 is 0 Å². The Morgan fingerprint density at radius 3 is 2.80 bits per heavy atom. The van der Waals surface area contributed by atoms with E-state index in [2.05, 4.69) is 10.1 Å². The van der Waals surface area contributed by atoms with Gasteiger partial charge in [-0.25, -0.2) is 4.90 Å². The molecule has 0 spiro atoms. The molecule has 0 unspecified atom stereocenters. The number of nitrogens with zero attached hydrogens (tertiary/aromatic N) is 4. The van der Waals surface area contributed by atoms with Crippen LogP contribution in [0.25, 0.3) is 0 Å². The van der Waals surface area contributed by atoms with Gasteiger partial charge in [-0.15, -0.1) is 0 Å². The summed E-state index contributed by atoms with van der Waals surface area (Å²) in [5, 5.41) is 41.0. The Morgan fingerprint density at radius 1 is 1.20 bits per heavy atom. The second-order valence-corrected chi connectivity index (χ2v) is 7.51. The second kappa shape index (κ2) is 5.15. The predicted molar refractivity (Wildman–Crippen MR) is 83.4 cm³/mol. The van der Waals surface area contributed by atoms with Crippen LogP contribution in [-0.2, 0) is 16.8 Å². The summed E-state index contributed by atoms with van der Waals surface area (Å²) in [6.07, 6.45) is 4.05. The number of morpholine rings is 1. The van der Waals surface area contributed by atoms with Gasteiger partial charge in [0.1, 0.15) is 0 Å². The Kier molecular flexibility index (Phi) is 3.20. The molecular weight excluding hydrogens is 328 g/mol. The Bertz CT molecular complexity index is 743. The maximum Gasteiger partial charge on any atom is 0.263 e. The van der Waals surface area contributed by atoms with E-state index in [9.17, 15) is 15.5 Å². The summed E-state index contributed by atoms with van der Waals surface area (Å²) in [4.78, 5) is 2.55. The third-order valence-corrected chi connectivity index (χ3v) is 6.61. The molecule has 3 atom stereocenters. The zero-order valence-corrected chi connectivity index (χ0v) is 14.0. The standard InChI is InChI=1S/C16H22N4O5/c21-16-12-3-1-2-6-15(12,18-7-9-24-10-8-18)19(22)13(16)5-4-11-14(16)17-25-20(11)23/h12,21H,1-10H2/t12-,15-,16-/m1/s1. The van der Waals surface area contributed by atoms with Gasteiger partial charge < -0.3 is 20.3 Å². The number of fused-ring (bicyclic) bond motifs is 5. The van der Waals surface area contributed by atoms with Gasteiger partial charge in [-0.05, 0) is 17.7 Å². The van der Waals surface area contributed by atoms with Gasteiger partial charge in [0.25, 0.3) is 5.69 Å². The van der Waals surface area contributed by atoms with Crippen molar-refractivity contribution >= 4 is 5.71 Å². The van der Waals surface area contributed by atoms with Crippen molar-refractivity contribution in [2.24, 2.45) is 5.92 Å². The van der Waals surface area contributed by atoms with E-state index in [0.717, 1.165) is 24.0 Å². The minimum Gasteiger partial charge on any atom is -0.622 e. The van der Waals surface area contributed by atoms with Crippen LogP contribution in [0.2, 0.25) is 0 Å². The summed E-state index contributed by atoms with van der Waals surface area (Å²) in [6.45, 7) is 2.52. The molecule has 1 saturated carbocycles. The van der Waals surface area contributed by atoms with Crippen molar-refractivity contribution in [3.05, 3.63) is 21.8 Å². The summed E-state index contributed by atoms with van der Waals surface area (Å²) >= 11 is 0. The molecule has 0 radical (unpaired) electrons. The first kappa shape index (κ1) is 15.5. The molecule has 2 aliphatic heterocycles. The second-order valence-electron chi connectivity index (χ2n) is 7.51. The van der Waals surface area contributed by atoms with Crippen LogP contribution < -0.4 is 4.90 Å². The number of hydrogen-bond donors (Lipinski definition) is 1. The molecule has 25 heavy (non-hydrogen) atoms. The lowest BCUT2D eigenvalue weighted by Crippen LogP contribution is -2.63. The molecule has 4 aliphatic rings. The number of hydrogen-bond acceptors (Lipinski definition) is 7. The van der Waals surface area contributed by atoms with Gasteiger partial charge in [0.05, 0.1) is 19.1 Å². The van der Waals surface area contributed by atoms with Crippen molar-refractivity contribution in [3.63, 3.8) is 0 Å². The van der Waals surface area contributed by atoms with E-state index in [1.165, 1.54) is 0 Å². The average Bonchev–Trinajstić information content (AvgIpc) is 3.12. The summed E-state index contributed by atoms with van der Waals surface area (Å²) in [5.74, 6) is -0.316. The van der Waals surface area contributed by atoms with Crippen LogP contribution in [0.4, 0.5) is 0 Å². The smallest absolute Gasteiger partial charge is 0.263 e. The van der Waals surface area contributed by atoms with Gasteiger partial charge in [0, 0.05) is 37.5 Å². The highest BCUT2D eigenvalue weighted by molar-refractivity contribution is 5.92. The number of hydroxylamine groups is 1. The maximum absolute atomic E-state index is 13.5. The van der Waals surface area contributed by atoms with Crippen molar-refractivity contribution in [1.82, 2.24) is 10.1 Å². The van der Waals surface area contributed by atoms with Gasteiger partial charge in [-0.1, -0.05) is 6.42 Å². The quantitative estimate of drug-likeness (QED) is 0.543. The monoisotopic (exact) mass is 350 g/mol. The lowest BCUT2D eigenvalue weighted by Gasteiger charge is -2.47. The van der Waals surface area contributed by atoms with Crippen molar-refractivity contribution in [1.29, 1.82) is 0 Å². The maximum atomic E-state index is 13.5. The molecule has 9 heteroatoms. The summed E-state index contributed by atoms with van der Waals surface area (Å²) in [7, 11) is 0. The molecule has 0 aromatic carbocycles. The summed E-state index contributed by atoms with van der Waals surface area (Å²) in [6, 6.07) is 0. The van der Waals surface area contributed by atoms with Crippen LogP contribution in [0.5, 0.6) is 0 Å². The third-order valence-electron chi connectivity index (χ3n) is 6.61. The first-order chi connectivity index (χ1) is 12.1. The first-order valence-corrected chi connectivity index (χ1v) is 9.08. The molecule has 1 N–H and O–H groups in total. The number of aliphatic hydroxyl groups is 1. The fraction of sp³-hybridized carbons (Fsp3) is 0.812. The molecule has 0 bridgehead atoms. The van der Waals surface area contributed by atoms with Crippen molar-refractivity contribution in [2.75, 3.05) is 26.3 Å². The Labute approximate surface area is 144 Å². The van der Waals surface area contributed by atoms with E-state index < -0.39 is 11.3 Å². The highest BCUT2D eigenvalue weighted by Crippen LogP contribution is 2.55. The number of aromatic nitrogens is 2. The van der Waals surface area contributed by atoms with Crippen molar-refractivity contribution in [2.45, 2.75) is 49.8 Å². The van der Waals surface area contributed by atoms with Gasteiger partial charge in [0.15, 0.2) is 0 Å². The lowest BCUT2D eigenvalue weighted by atomic mass is 9.66. The Hall–Kier alpha value is -1.71. The average molecular weight is 350 g/mol. The van der Waals surface area contributed by atoms with E-state index in [1.807, 2.05) is 0 Å². The summed E-state index contributed by atoms with van der Waals surface area (Å²) < 4.78 is 11.3. The van der Waals surface area contributed by atoms with Crippen molar-refractivity contribution in [3.8, 4) is 0 Å². The van der Waals surface area contributed by atoms with E-state index in [1.54, 1.807) is 0 Å². The molecule has 136 valence electrons. The van der Waals surface area contributed by atoms with Crippen LogP contribution in [-0.4, -0.2) is 57.6 Å². The van der Waals surface area contributed by atoms with E-state index in [0.29, 0.717) is 61.9 Å². The molecule has 1 saturated heterocycles. The molecule has 2 aliphatic carbocycles. The van der Waals surface area contributed by atoms with Gasteiger partial charge >= 0.3 is 0 Å². The van der Waals surface area contributed by atoms with Gasteiger partial charge in [0.2, 0.25) is 22.7 Å². The van der Waals surface area contributed by atoms with E-state index >= 15 is 0 Å². The van der Waals surface area contributed by atoms with E-state index in [-0.39, 0.29) is 11.6 Å². The van der Waals surface area contributed by atoms with Crippen LogP contribution in [0.15, 0.2) is 4.63 Å². The zero-order chi connectivity index (χ0) is 17.2. The molecule has 2 fully saturated rings. The first-order valence-electron chi connectivity index (χ1n) is 9.08. The molecule has 1 aromatic rings. The lowest BCUT2D eigenvalue weighted by molar-refractivity contribution is -0.808. The minimum absolute atomic E-state index is 0.242. The topological polar surface area (TPSA) is 112 Å². The molecule has 5 rings (SSSR count). The summed E-state index contributed by atoms with van der Waals surface area (Å²) in [5.41, 5.74) is -1.25. The predicted octanol–water partition coefficient (Wildman–Crippen LogP) is -0.375. The number of rotatable bonds is 1. The fourth-order valence-electron chi connectivity index (χ4n) is 5.57. The molecule has 0 amide bonds. The SMILES string of the molecule is [O-][N+]1=C2CCc3c(no[n+]3[O-])[C@@]2(O)[C@@H]2CCCC[C@]21N1CCOCC1. The zero-order valence-electron chi connectivity index (χ0n) is 14.0. The fourth-order valence-corrected chi connectivity index (χ4v) is 5.57. The molecule has 9 nitrogen and oxygen atoms in total.